The molecule has 1 amide bonds. The molecule has 3 heterocycles. The Labute approximate surface area is 192 Å². The van der Waals surface area contributed by atoms with E-state index in [-0.39, 0.29) is 12.2 Å². The van der Waals surface area contributed by atoms with Crippen molar-refractivity contribution in [2.75, 3.05) is 6.61 Å². The van der Waals surface area contributed by atoms with Crippen molar-refractivity contribution in [3.8, 4) is 0 Å². The summed E-state index contributed by atoms with van der Waals surface area (Å²) in [5.41, 5.74) is 0.933. The number of para-hydroxylation sites is 1. The number of rotatable bonds is 6. The van der Waals surface area contributed by atoms with Crippen molar-refractivity contribution in [2.45, 2.75) is 40.4 Å². The summed E-state index contributed by atoms with van der Waals surface area (Å²) in [5.74, 6) is -1.67. The average molecular weight is 505 g/mol. The lowest BCUT2D eigenvalue weighted by molar-refractivity contribution is -0.166. The van der Waals surface area contributed by atoms with Gasteiger partial charge in [-0.15, -0.1) is 11.8 Å². The van der Waals surface area contributed by atoms with Crippen LogP contribution >= 0.6 is 27.7 Å². The van der Waals surface area contributed by atoms with E-state index in [4.69, 9.17) is 4.74 Å². The van der Waals surface area contributed by atoms with Gasteiger partial charge >= 0.3 is 5.97 Å². The largest absolute Gasteiger partial charge is 0.460 e. The second-order valence-electron chi connectivity index (χ2n) is 8.06. The molecule has 2 fully saturated rings. The molecule has 1 aromatic carbocycles. The number of carbonyl (C=O) groups excluding carboxylic acids is 3. The molecule has 2 saturated heterocycles. The average Bonchev–Trinajstić information content (AvgIpc) is 3.04. The number of pyridine rings is 1. The standard InChI is InChI=1S/C22H21BrN2O5S/c1-4-9-30-18(28)16-21(2,3)31-20-22(23,19(29)25(16)20)17(27)15(26)13-10-12-7-5-6-8-14(12)24-11-13/h4-8,10-11,16-17,20,27H,1,9H2,2-3H3/t16-,17+,20+,22-/m0/s1. The molecule has 1 N–H and O–H groups in total. The van der Waals surface area contributed by atoms with E-state index in [2.05, 4.69) is 27.5 Å². The molecule has 31 heavy (non-hydrogen) atoms. The van der Waals surface area contributed by atoms with E-state index in [1.54, 1.807) is 6.07 Å². The Balaban J connectivity index is 1.61. The molecule has 7 nitrogen and oxygen atoms in total. The van der Waals surface area contributed by atoms with Crippen LogP contribution in [0.4, 0.5) is 0 Å². The fraction of sp³-hybridized carbons (Fsp3) is 0.364. The molecule has 4 rings (SSSR count). The van der Waals surface area contributed by atoms with E-state index >= 15 is 0 Å². The topological polar surface area (TPSA) is 96.8 Å². The predicted molar refractivity (Wildman–Crippen MR) is 121 cm³/mol. The van der Waals surface area contributed by atoms with Crippen molar-refractivity contribution in [3.63, 3.8) is 0 Å². The highest BCUT2D eigenvalue weighted by molar-refractivity contribution is 9.10. The third-order valence-electron chi connectivity index (χ3n) is 5.61. The Bertz CT molecular complexity index is 1110. The minimum atomic E-state index is -1.64. The molecule has 2 aliphatic heterocycles. The molecule has 0 bridgehead atoms. The van der Waals surface area contributed by atoms with Crippen molar-refractivity contribution in [3.05, 3.63) is 54.7 Å². The van der Waals surface area contributed by atoms with E-state index in [1.165, 1.54) is 28.9 Å². The molecule has 9 heteroatoms. The van der Waals surface area contributed by atoms with Gasteiger partial charge in [0, 0.05) is 21.9 Å². The second kappa shape index (κ2) is 7.72. The third-order valence-corrected chi connectivity index (χ3v) is 8.78. The monoisotopic (exact) mass is 504 g/mol. The molecule has 2 aliphatic rings. The number of aliphatic hydroxyl groups excluding tert-OH is 1. The number of hydrogen-bond acceptors (Lipinski definition) is 7. The van der Waals surface area contributed by atoms with Gasteiger partial charge < -0.3 is 14.7 Å². The van der Waals surface area contributed by atoms with Crippen LogP contribution in [0.15, 0.2) is 49.2 Å². The summed E-state index contributed by atoms with van der Waals surface area (Å²) in [6, 6.07) is 8.13. The number of aliphatic hydroxyl groups is 1. The number of ketones is 1. The fourth-order valence-corrected chi connectivity index (χ4v) is 6.61. The molecule has 2 aromatic rings. The number of β-lactam (4-membered cyclic amide) rings is 1. The minimum Gasteiger partial charge on any atom is -0.460 e. The van der Waals surface area contributed by atoms with Gasteiger partial charge in [-0.3, -0.25) is 14.6 Å². The van der Waals surface area contributed by atoms with E-state index in [9.17, 15) is 19.5 Å². The van der Waals surface area contributed by atoms with Crippen LogP contribution < -0.4 is 0 Å². The number of fused-ring (bicyclic) bond motifs is 2. The number of aromatic nitrogens is 1. The van der Waals surface area contributed by atoms with Crippen LogP contribution in [0.3, 0.4) is 0 Å². The molecular weight excluding hydrogens is 484 g/mol. The van der Waals surface area contributed by atoms with Crippen LogP contribution in [0.5, 0.6) is 0 Å². The van der Waals surface area contributed by atoms with E-state index < -0.39 is 44.3 Å². The zero-order chi connectivity index (χ0) is 22.6. The van der Waals surface area contributed by atoms with Gasteiger partial charge in [0.05, 0.1) is 5.52 Å². The first-order valence-corrected chi connectivity index (χ1v) is 11.3. The maximum Gasteiger partial charge on any atom is 0.330 e. The van der Waals surface area contributed by atoms with Crippen molar-refractivity contribution in [1.29, 1.82) is 0 Å². The lowest BCUT2D eigenvalue weighted by Crippen LogP contribution is -2.75. The number of Topliss-reactive ketones (excluding diaryl/α,β-unsaturated/α-hetero) is 1. The molecule has 0 radical (unpaired) electrons. The number of benzene rings is 1. The Morgan fingerprint density at radius 3 is 2.84 bits per heavy atom. The number of esters is 1. The Morgan fingerprint density at radius 2 is 2.13 bits per heavy atom. The maximum atomic E-state index is 13.1. The Hall–Kier alpha value is -2.23. The summed E-state index contributed by atoms with van der Waals surface area (Å²) < 4.78 is 2.98. The molecule has 0 unspecified atom stereocenters. The van der Waals surface area contributed by atoms with Crippen molar-refractivity contribution >= 4 is 56.3 Å². The van der Waals surface area contributed by atoms with Gasteiger partial charge in [0.2, 0.25) is 5.91 Å². The number of halogens is 1. The summed E-state index contributed by atoms with van der Waals surface area (Å²) in [6.07, 6.45) is 1.21. The molecular formula is C22H21BrN2O5S. The van der Waals surface area contributed by atoms with Crippen LogP contribution in [-0.4, -0.2) is 65.8 Å². The van der Waals surface area contributed by atoms with Gasteiger partial charge in [-0.25, -0.2) is 4.79 Å². The lowest BCUT2D eigenvalue weighted by Gasteiger charge is -2.51. The molecule has 0 saturated carbocycles. The number of thioether (sulfide) groups is 1. The van der Waals surface area contributed by atoms with Gasteiger partial charge in [0.15, 0.2) is 10.1 Å². The zero-order valence-electron chi connectivity index (χ0n) is 16.9. The first-order chi connectivity index (χ1) is 14.6. The van der Waals surface area contributed by atoms with Crippen LogP contribution in [0, 0.1) is 0 Å². The van der Waals surface area contributed by atoms with E-state index in [0.29, 0.717) is 0 Å². The van der Waals surface area contributed by atoms with Gasteiger partial charge in [-0.2, -0.15) is 0 Å². The highest BCUT2D eigenvalue weighted by Gasteiger charge is 2.74. The number of ether oxygens (including phenoxy) is 1. The summed E-state index contributed by atoms with van der Waals surface area (Å²) in [6.45, 7) is 7.23. The SMILES string of the molecule is C=CCOC(=O)[C@@H]1N2C(=O)[C@@](Br)([C@H](O)C(=O)c3cnc4ccccc4c3)[C@H]2SC1(C)C. The van der Waals surface area contributed by atoms with Crippen molar-refractivity contribution < 1.29 is 24.2 Å². The summed E-state index contributed by atoms with van der Waals surface area (Å²) in [5, 5.41) is 11.1. The van der Waals surface area contributed by atoms with Crippen LogP contribution in [0.2, 0.25) is 0 Å². The number of alkyl halides is 1. The molecule has 1 aromatic heterocycles. The number of carbonyl (C=O) groups is 3. The van der Waals surface area contributed by atoms with E-state index in [0.717, 1.165) is 10.9 Å². The molecule has 162 valence electrons. The highest BCUT2D eigenvalue weighted by Crippen LogP contribution is 2.59. The summed E-state index contributed by atoms with van der Waals surface area (Å²) in [4.78, 5) is 44.5. The van der Waals surface area contributed by atoms with E-state index in [1.807, 2.05) is 38.1 Å². The first-order valence-electron chi connectivity index (χ1n) is 9.67. The van der Waals surface area contributed by atoms with Gasteiger partial charge in [0.1, 0.15) is 24.1 Å². The maximum absolute atomic E-state index is 13.1. The number of amides is 1. The van der Waals surface area contributed by atoms with Gasteiger partial charge in [-0.1, -0.05) is 46.8 Å². The quantitative estimate of drug-likeness (QED) is 0.212. The zero-order valence-corrected chi connectivity index (χ0v) is 19.4. The fourth-order valence-electron chi connectivity index (χ4n) is 4.05. The molecule has 0 spiro atoms. The van der Waals surface area contributed by atoms with Crippen LogP contribution in [0.25, 0.3) is 10.9 Å². The van der Waals surface area contributed by atoms with Gasteiger partial charge in [-0.05, 0) is 26.0 Å². The Kier molecular flexibility index (Phi) is 5.47. The highest BCUT2D eigenvalue weighted by atomic mass is 79.9. The van der Waals surface area contributed by atoms with Crippen LogP contribution in [-0.2, 0) is 14.3 Å². The third kappa shape index (κ3) is 3.30. The normalized spacial score (nSPS) is 27.4. The minimum absolute atomic E-state index is 0.0400. The molecule has 0 aliphatic carbocycles. The number of nitrogens with zero attached hydrogens (tertiary/aromatic N) is 2. The smallest absolute Gasteiger partial charge is 0.330 e. The Morgan fingerprint density at radius 1 is 1.42 bits per heavy atom. The predicted octanol–water partition coefficient (Wildman–Crippen LogP) is 2.70. The molecule has 4 atom stereocenters. The number of hydrogen-bond donors (Lipinski definition) is 1. The van der Waals surface area contributed by atoms with Crippen molar-refractivity contribution in [1.82, 2.24) is 9.88 Å². The van der Waals surface area contributed by atoms with Gasteiger partial charge in [0.25, 0.3) is 0 Å². The van der Waals surface area contributed by atoms with Crippen molar-refractivity contribution in [2.24, 2.45) is 0 Å². The summed E-state index contributed by atoms with van der Waals surface area (Å²) in [7, 11) is 0. The van der Waals surface area contributed by atoms with Crippen LogP contribution in [0.1, 0.15) is 24.2 Å². The first kappa shape index (κ1) is 22.0. The second-order valence-corrected chi connectivity index (χ2v) is 11.1. The summed E-state index contributed by atoms with van der Waals surface area (Å²) >= 11 is 4.71. The lowest BCUT2D eigenvalue weighted by atomic mass is 9.84.